The highest BCUT2D eigenvalue weighted by Crippen LogP contribution is 2.57. The van der Waals surface area contributed by atoms with E-state index in [-0.39, 0.29) is 29.8 Å². The molecule has 2 N–H and O–H groups in total. The van der Waals surface area contributed by atoms with Crippen molar-refractivity contribution in [1.82, 2.24) is 14.9 Å². The van der Waals surface area contributed by atoms with Crippen LogP contribution in [-0.4, -0.2) is 55.2 Å². The van der Waals surface area contributed by atoms with E-state index in [2.05, 4.69) is 16.1 Å². The fourth-order valence-corrected chi connectivity index (χ4v) is 7.65. The summed E-state index contributed by atoms with van der Waals surface area (Å²) in [5.74, 6) is 1.02. The number of nitrogens with one attached hydrogen (secondary N) is 2. The minimum absolute atomic E-state index is 0.0207. The Labute approximate surface area is 161 Å². The van der Waals surface area contributed by atoms with Crippen molar-refractivity contribution < 1.29 is 13.2 Å². The molecule has 27 heavy (non-hydrogen) atoms. The van der Waals surface area contributed by atoms with Crippen molar-refractivity contribution in [3.05, 3.63) is 0 Å². The SMILES string of the molecule is CCS(=O)(=O)NC12CC3CC(CC(NC(=O)CN4CCC[C@H]4C#N)(C3)C1)C2. The number of rotatable bonds is 6. The molecule has 0 aromatic rings. The standard InChI is InChI=1S/C19H30N4O3S/c1-2-27(25,26)22-19-9-14-6-15(10-19)8-18(7-14,13-19)21-17(24)12-23-5-3-4-16(23)11-20/h14-16,22H,2-10,12-13H2,1H3,(H,21,24)/t14?,15?,16-,18?,19?/m0/s1. The molecule has 5 fully saturated rings. The van der Waals surface area contributed by atoms with E-state index >= 15 is 0 Å². The van der Waals surface area contributed by atoms with Crippen molar-refractivity contribution in [2.45, 2.75) is 75.4 Å². The van der Waals surface area contributed by atoms with Crippen LogP contribution < -0.4 is 10.0 Å². The predicted octanol–water partition coefficient (Wildman–Crippen LogP) is 1.12. The topological polar surface area (TPSA) is 102 Å². The van der Waals surface area contributed by atoms with Gasteiger partial charge in [-0.25, -0.2) is 13.1 Å². The van der Waals surface area contributed by atoms with Crippen LogP contribution in [-0.2, 0) is 14.8 Å². The van der Waals surface area contributed by atoms with Gasteiger partial charge in [0.1, 0.15) is 0 Å². The highest BCUT2D eigenvalue weighted by Gasteiger charge is 2.59. The molecule has 5 rings (SSSR count). The second kappa shape index (κ2) is 6.71. The monoisotopic (exact) mass is 394 g/mol. The van der Waals surface area contributed by atoms with E-state index in [9.17, 15) is 18.5 Å². The molecular weight excluding hydrogens is 364 g/mol. The van der Waals surface area contributed by atoms with E-state index < -0.39 is 15.6 Å². The van der Waals surface area contributed by atoms with E-state index in [1.54, 1.807) is 6.92 Å². The number of hydrogen-bond acceptors (Lipinski definition) is 5. The first-order chi connectivity index (χ1) is 12.8. The van der Waals surface area contributed by atoms with Crippen LogP contribution in [0.2, 0.25) is 0 Å². The number of hydrogen-bond donors (Lipinski definition) is 2. The van der Waals surface area contributed by atoms with Gasteiger partial charge < -0.3 is 5.32 Å². The summed E-state index contributed by atoms with van der Waals surface area (Å²) in [5.41, 5.74) is -0.686. The molecule has 1 aliphatic heterocycles. The maximum Gasteiger partial charge on any atom is 0.234 e. The fraction of sp³-hybridized carbons (Fsp3) is 0.895. The van der Waals surface area contributed by atoms with Crippen LogP contribution in [0.5, 0.6) is 0 Å². The molecule has 4 aliphatic carbocycles. The highest BCUT2D eigenvalue weighted by molar-refractivity contribution is 7.89. The molecule has 7 nitrogen and oxygen atoms in total. The first-order valence-corrected chi connectivity index (χ1v) is 11.9. The second-order valence-electron chi connectivity index (χ2n) is 9.33. The van der Waals surface area contributed by atoms with E-state index in [1.807, 2.05) is 4.90 Å². The summed E-state index contributed by atoms with van der Waals surface area (Å²) in [6, 6.07) is 2.13. The fourth-order valence-electron chi connectivity index (χ4n) is 6.61. The molecule has 2 unspecified atom stereocenters. The van der Waals surface area contributed by atoms with Crippen LogP contribution in [0.1, 0.15) is 58.3 Å². The Kier molecular flexibility index (Phi) is 4.76. The Morgan fingerprint density at radius 2 is 1.89 bits per heavy atom. The zero-order valence-electron chi connectivity index (χ0n) is 16.0. The molecule has 1 heterocycles. The van der Waals surface area contributed by atoms with Gasteiger partial charge in [0.15, 0.2) is 0 Å². The van der Waals surface area contributed by atoms with Gasteiger partial charge in [-0.1, -0.05) is 0 Å². The molecule has 3 atom stereocenters. The number of sulfonamides is 1. The number of nitrogens with zero attached hydrogens (tertiary/aromatic N) is 2. The summed E-state index contributed by atoms with van der Waals surface area (Å²) < 4.78 is 27.6. The van der Waals surface area contributed by atoms with E-state index in [4.69, 9.17) is 0 Å². The smallest absolute Gasteiger partial charge is 0.234 e. The molecule has 1 saturated heterocycles. The van der Waals surface area contributed by atoms with Crippen LogP contribution in [0.4, 0.5) is 0 Å². The van der Waals surface area contributed by atoms with Crippen molar-refractivity contribution in [2.75, 3.05) is 18.8 Å². The summed E-state index contributed by atoms with van der Waals surface area (Å²) in [6.07, 6.45) is 7.32. The number of nitriles is 1. The Morgan fingerprint density at radius 3 is 2.52 bits per heavy atom. The lowest BCUT2D eigenvalue weighted by molar-refractivity contribution is -0.128. The van der Waals surface area contributed by atoms with E-state index in [0.29, 0.717) is 18.3 Å². The van der Waals surface area contributed by atoms with Gasteiger partial charge in [-0.05, 0) is 70.1 Å². The predicted molar refractivity (Wildman–Crippen MR) is 101 cm³/mol. The van der Waals surface area contributed by atoms with Gasteiger partial charge in [0.2, 0.25) is 15.9 Å². The Balaban J connectivity index is 1.48. The van der Waals surface area contributed by atoms with Gasteiger partial charge in [-0.2, -0.15) is 5.26 Å². The highest BCUT2D eigenvalue weighted by atomic mass is 32.2. The number of amides is 1. The third kappa shape index (κ3) is 3.74. The third-order valence-electron chi connectivity index (χ3n) is 7.08. The Morgan fingerprint density at radius 1 is 1.22 bits per heavy atom. The lowest BCUT2D eigenvalue weighted by Crippen LogP contribution is -2.70. The Bertz CT molecular complexity index is 745. The lowest BCUT2D eigenvalue weighted by atomic mass is 9.50. The molecule has 8 heteroatoms. The van der Waals surface area contributed by atoms with Crippen LogP contribution in [0.3, 0.4) is 0 Å². The molecule has 5 aliphatic rings. The van der Waals surface area contributed by atoms with Gasteiger partial charge in [-0.3, -0.25) is 9.69 Å². The van der Waals surface area contributed by atoms with Gasteiger partial charge in [0.05, 0.1) is 24.4 Å². The van der Waals surface area contributed by atoms with Crippen molar-refractivity contribution >= 4 is 15.9 Å². The molecule has 0 spiro atoms. The normalized spacial score (nSPS) is 40.8. The second-order valence-corrected chi connectivity index (χ2v) is 11.3. The molecule has 4 bridgehead atoms. The van der Waals surface area contributed by atoms with Gasteiger partial charge in [0.25, 0.3) is 0 Å². The first kappa shape index (κ1) is 19.2. The Hall–Kier alpha value is -1.17. The molecule has 0 aromatic heterocycles. The molecule has 4 saturated carbocycles. The quantitative estimate of drug-likeness (QED) is 0.703. The third-order valence-corrected chi connectivity index (χ3v) is 8.58. The first-order valence-electron chi connectivity index (χ1n) is 10.2. The van der Waals surface area contributed by atoms with Gasteiger partial charge in [0, 0.05) is 17.6 Å². The van der Waals surface area contributed by atoms with Crippen molar-refractivity contribution in [2.24, 2.45) is 11.8 Å². The minimum Gasteiger partial charge on any atom is -0.349 e. The van der Waals surface area contributed by atoms with Gasteiger partial charge in [-0.15, -0.1) is 0 Å². The summed E-state index contributed by atoms with van der Waals surface area (Å²) in [5, 5.41) is 12.5. The van der Waals surface area contributed by atoms with Crippen molar-refractivity contribution in [1.29, 1.82) is 5.26 Å². The maximum atomic E-state index is 12.8. The zero-order valence-corrected chi connectivity index (χ0v) is 16.9. The molecule has 0 aromatic carbocycles. The zero-order chi connectivity index (χ0) is 19.3. The maximum absolute atomic E-state index is 12.8. The summed E-state index contributed by atoms with van der Waals surface area (Å²) in [7, 11) is -3.27. The average Bonchev–Trinajstić information content (AvgIpc) is 2.98. The van der Waals surface area contributed by atoms with Crippen LogP contribution in [0, 0.1) is 23.2 Å². The summed E-state index contributed by atoms with van der Waals surface area (Å²) in [6.45, 7) is 2.73. The van der Waals surface area contributed by atoms with Gasteiger partial charge >= 0.3 is 0 Å². The molecule has 1 amide bonds. The molecular formula is C19H30N4O3S. The summed E-state index contributed by atoms with van der Waals surface area (Å²) >= 11 is 0. The van der Waals surface area contributed by atoms with Crippen molar-refractivity contribution in [3.63, 3.8) is 0 Å². The molecule has 150 valence electrons. The largest absolute Gasteiger partial charge is 0.349 e. The van der Waals surface area contributed by atoms with Crippen LogP contribution in [0.15, 0.2) is 0 Å². The van der Waals surface area contributed by atoms with Crippen molar-refractivity contribution in [3.8, 4) is 6.07 Å². The number of carbonyl (C=O) groups excluding carboxylic acids is 1. The minimum atomic E-state index is -3.27. The van der Waals surface area contributed by atoms with Crippen LogP contribution in [0.25, 0.3) is 0 Å². The molecule has 0 radical (unpaired) electrons. The lowest BCUT2D eigenvalue weighted by Gasteiger charge is -2.62. The van der Waals surface area contributed by atoms with Crippen LogP contribution >= 0.6 is 0 Å². The van der Waals surface area contributed by atoms with E-state index in [0.717, 1.165) is 51.5 Å². The number of likely N-dealkylation sites (tertiary alicyclic amines) is 1. The summed E-state index contributed by atoms with van der Waals surface area (Å²) in [4.78, 5) is 14.8. The van der Waals surface area contributed by atoms with E-state index in [1.165, 1.54) is 0 Å². The average molecular weight is 395 g/mol. The number of carbonyl (C=O) groups is 1.